The molecule has 0 spiro atoms. The van der Waals surface area contributed by atoms with E-state index in [9.17, 15) is 14.7 Å². The fourth-order valence-electron chi connectivity index (χ4n) is 3.18. The first-order valence-electron chi connectivity index (χ1n) is 9.82. The Kier molecular flexibility index (Phi) is 6.47. The number of phenolic OH excluding ortho intramolecular Hbond substituents is 1. The minimum Gasteiger partial charge on any atom is -0.507 e. The second-order valence-electron chi connectivity index (χ2n) is 7.10. The summed E-state index contributed by atoms with van der Waals surface area (Å²) in [6, 6.07) is 15.9. The highest BCUT2D eigenvalue weighted by Crippen LogP contribution is 2.31. The third kappa shape index (κ3) is 4.84. The van der Waals surface area contributed by atoms with Gasteiger partial charge in [-0.2, -0.15) is 0 Å². The number of nitrogen functional groups attached to an aromatic ring is 1. The van der Waals surface area contributed by atoms with Gasteiger partial charge in [-0.25, -0.2) is 4.98 Å². The van der Waals surface area contributed by atoms with Crippen molar-refractivity contribution in [3.8, 4) is 16.9 Å². The van der Waals surface area contributed by atoms with E-state index in [0.29, 0.717) is 36.2 Å². The van der Waals surface area contributed by atoms with E-state index in [0.717, 1.165) is 16.8 Å². The number of benzene rings is 2. The molecule has 0 saturated heterocycles. The van der Waals surface area contributed by atoms with Crippen molar-refractivity contribution in [3.63, 3.8) is 0 Å². The number of rotatable bonds is 7. The number of hydrogen-bond donors (Lipinski definition) is 2. The Morgan fingerprint density at radius 1 is 1.07 bits per heavy atom. The van der Waals surface area contributed by atoms with Gasteiger partial charge in [-0.3, -0.25) is 9.59 Å². The van der Waals surface area contributed by atoms with Crippen LogP contribution in [-0.4, -0.2) is 28.8 Å². The van der Waals surface area contributed by atoms with E-state index >= 15 is 0 Å². The number of Topliss-reactive ketones (excluding diaryl/α,β-unsaturated/α-hetero) is 1. The molecule has 154 valence electrons. The van der Waals surface area contributed by atoms with Crippen molar-refractivity contribution >= 4 is 23.2 Å². The molecule has 1 amide bonds. The third-order valence-electron chi connectivity index (χ3n) is 5.05. The maximum absolute atomic E-state index is 12.5. The summed E-state index contributed by atoms with van der Waals surface area (Å²) in [5, 5.41) is 10.5. The highest BCUT2D eigenvalue weighted by molar-refractivity contribution is 5.97. The van der Waals surface area contributed by atoms with Crippen LogP contribution in [0.1, 0.15) is 35.7 Å². The van der Waals surface area contributed by atoms with Gasteiger partial charge < -0.3 is 15.7 Å². The van der Waals surface area contributed by atoms with E-state index in [2.05, 4.69) is 4.98 Å². The van der Waals surface area contributed by atoms with Gasteiger partial charge in [-0.1, -0.05) is 31.2 Å². The molecule has 3 N–H and O–H groups in total. The molecule has 0 radical (unpaired) electrons. The lowest BCUT2D eigenvalue weighted by Crippen LogP contribution is -2.24. The number of ketones is 1. The Morgan fingerprint density at radius 2 is 1.80 bits per heavy atom. The van der Waals surface area contributed by atoms with Gasteiger partial charge in [0.05, 0.1) is 0 Å². The number of carbonyl (C=O) groups is 2. The minimum absolute atomic E-state index is 0.0308. The normalized spacial score (nSPS) is 10.6. The summed E-state index contributed by atoms with van der Waals surface area (Å²) in [5.74, 6) is 0.468. The number of aromatic hydroxyl groups is 1. The molecule has 1 aromatic heterocycles. The third-order valence-corrected chi connectivity index (χ3v) is 5.05. The number of anilines is 2. The lowest BCUT2D eigenvalue weighted by Gasteiger charge is -2.17. The van der Waals surface area contributed by atoms with Crippen LogP contribution in [0.15, 0.2) is 60.8 Å². The van der Waals surface area contributed by atoms with Crippen LogP contribution in [0.2, 0.25) is 0 Å². The molecule has 0 bridgehead atoms. The number of aromatic nitrogens is 1. The summed E-state index contributed by atoms with van der Waals surface area (Å²) in [6.45, 7) is 1.82. The number of amides is 1. The fourth-order valence-corrected chi connectivity index (χ4v) is 3.18. The molecule has 0 saturated carbocycles. The Morgan fingerprint density at radius 3 is 2.40 bits per heavy atom. The zero-order chi connectivity index (χ0) is 21.7. The maximum atomic E-state index is 12.5. The van der Waals surface area contributed by atoms with Crippen LogP contribution in [-0.2, 0) is 11.2 Å². The first-order chi connectivity index (χ1) is 14.4. The van der Waals surface area contributed by atoms with Gasteiger partial charge in [0.1, 0.15) is 11.6 Å². The molecule has 0 aliphatic carbocycles. The number of hydrogen-bond acceptors (Lipinski definition) is 5. The van der Waals surface area contributed by atoms with Crippen molar-refractivity contribution in [3.05, 3.63) is 71.9 Å². The average Bonchev–Trinajstić information content (AvgIpc) is 2.77. The highest BCUT2D eigenvalue weighted by Gasteiger charge is 2.13. The predicted octanol–water partition coefficient (Wildman–Crippen LogP) is 4.22. The van der Waals surface area contributed by atoms with Gasteiger partial charge in [0.2, 0.25) is 5.91 Å². The molecule has 2 aromatic carbocycles. The Labute approximate surface area is 176 Å². The van der Waals surface area contributed by atoms with Crippen LogP contribution in [0.5, 0.6) is 5.75 Å². The largest absolute Gasteiger partial charge is 0.507 e. The monoisotopic (exact) mass is 403 g/mol. The van der Waals surface area contributed by atoms with Gasteiger partial charge >= 0.3 is 0 Å². The Bertz CT molecular complexity index is 1040. The average molecular weight is 403 g/mol. The van der Waals surface area contributed by atoms with Gasteiger partial charge in [0, 0.05) is 42.9 Å². The molecule has 0 aliphatic rings. The van der Waals surface area contributed by atoms with E-state index in [1.54, 1.807) is 36.3 Å². The molecule has 3 rings (SSSR count). The molecular weight excluding hydrogens is 378 g/mol. The lowest BCUT2D eigenvalue weighted by atomic mass is 9.98. The summed E-state index contributed by atoms with van der Waals surface area (Å²) in [7, 11) is 1.74. The van der Waals surface area contributed by atoms with Crippen molar-refractivity contribution in [1.29, 1.82) is 0 Å². The number of carbonyl (C=O) groups excluding carboxylic acids is 2. The Balaban J connectivity index is 1.70. The minimum atomic E-state index is -0.0521. The van der Waals surface area contributed by atoms with Gasteiger partial charge in [-0.15, -0.1) is 0 Å². The predicted molar refractivity (Wildman–Crippen MR) is 119 cm³/mol. The summed E-state index contributed by atoms with van der Waals surface area (Å²) >= 11 is 0. The lowest BCUT2D eigenvalue weighted by molar-refractivity contribution is -0.118. The van der Waals surface area contributed by atoms with Gasteiger partial charge in [0.25, 0.3) is 0 Å². The fraction of sp³-hybridized carbons (Fsp3) is 0.208. The van der Waals surface area contributed by atoms with Crippen LogP contribution >= 0.6 is 0 Å². The van der Waals surface area contributed by atoms with Gasteiger partial charge in [0.15, 0.2) is 5.78 Å². The molecule has 0 atom stereocenters. The molecular formula is C24H25N3O3. The van der Waals surface area contributed by atoms with E-state index in [4.69, 9.17) is 5.73 Å². The molecule has 3 aromatic rings. The van der Waals surface area contributed by atoms with E-state index in [1.807, 2.05) is 37.3 Å². The Hall–Kier alpha value is -3.67. The molecule has 1 heterocycles. The summed E-state index contributed by atoms with van der Waals surface area (Å²) in [4.78, 5) is 30.0. The van der Waals surface area contributed by atoms with Crippen LogP contribution in [0.3, 0.4) is 0 Å². The molecule has 6 nitrogen and oxygen atoms in total. The van der Waals surface area contributed by atoms with E-state index in [-0.39, 0.29) is 17.4 Å². The number of phenols is 1. The van der Waals surface area contributed by atoms with Crippen molar-refractivity contribution in [1.82, 2.24) is 4.98 Å². The topological polar surface area (TPSA) is 96.5 Å². The maximum Gasteiger partial charge on any atom is 0.226 e. The number of pyridine rings is 1. The van der Waals surface area contributed by atoms with Crippen LogP contribution in [0.25, 0.3) is 11.1 Å². The zero-order valence-corrected chi connectivity index (χ0v) is 17.1. The summed E-state index contributed by atoms with van der Waals surface area (Å²) in [5.41, 5.74) is 9.19. The van der Waals surface area contributed by atoms with Crippen molar-refractivity contribution < 1.29 is 14.7 Å². The second-order valence-corrected chi connectivity index (χ2v) is 7.10. The highest BCUT2D eigenvalue weighted by atomic mass is 16.3. The SMILES string of the molecule is CCC(=O)N(C)c1ccc(-c2ccc(C(=O)CCc3ccc(N)nc3)cc2O)cc1. The first-order valence-corrected chi connectivity index (χ1v) is 9.82. The second kappa shape index (κ2) is 9.22. The van der Waals surface area contributed by atoms with Crippen molar-refractivity contribution in [2.24, 2.45) is 0 Å². The number of nitrogens with two attached hydrogens (primary N) is 1. The quantitative estimate of drug-likeness (QED) is 0.576. The van der Waals surface area contributed by atoms with E-state index in [1.165, 1.54) is 6.07 Å². The molecule has 0 aliphatic heterocycles. The van der Waals surface area contributed by atoms with Crippen LogP contribution in [0.4, 0.5) is 11.5 Å². The molecule has 0 unspecified atom stereocenters. The molecule has 0 fully saturated rings. The van der Waals surface area contributed by atoms with Crippen molar-refractivity contribution in [2.75, 3.05) is 17.7 Å². The standard InChI is InChI=1S/C24H25N3O3/c1-3-24(30)27(2)19-9-6-17(7-10-19)20-11-8-18(14-22(20)29)21(28)12-4-16-5-13-23(25)26-15-16/h5-11,13-15,29H,3-4,12H2,1-2H3,(H2,25,26). The van der Waals surface area contributed by atoms with Crippen molar-refractivity contribution in [2.45, 2.75) is 26.2 Å². The summed E-state index contributed by atoms with van der Waals surface area (Å²) in [6.07, 6.45) is 2.97. The number of nitrogens with zero attached hydrogens (tertiary/aromatic N) is 2. The zero-order valence-electron chi connectivity index (χ0n) is 17.1. The van der Waals surface area contributed by atoms with Crippen LogP contribution < -0.4 is 10.6 Å². The van der Waals surface area contributed by atoms with Crippen LogP contribution in [0, 0.1) is 0 Å². The van der Waals surface area contributed by atoms with E-state index < -0.39 is 0 Å². The number of aryl methyl sites for hydroxylation is 1. The van der Waals surface area contributed by atoms with Gasteiger partial charge in [-0.05, 0) is 47.9 Å². The summed E-state index contributed by atoms with van der Waals surface area (Å²) < 4.78 is 0. The molecule has 30 heavy (non-hydrogen) atoms. The molecule has 6 heteroatoms. The smallest absolute Gasteiger partial charge is 0.226 e. The first kappa shape index (κ1) is 21.0.